The molecule has 2 rings (SSSR count). The van der Waals surface area contributed by atoms with E-state index in [-0.39, 0.29) is 0 Å². The molecule has 0 aliphatic rings. The van der Waals surface area contributed by atoms with E-state index in [0.717, 1.165) is 18.2 Å². The second-order valence-corrected chi connectivity index (χ2v) is 4.12. The van der Waals surface area contributed by atoms with Crippen LogP contribution in [0, 0.1) is 11.6 Å². The Labute approximate surface area is 124 Å². The summed E-state index contributed by atoms with van der Waals surface area (Å²) in [6, 6.07) is 11.5. The van der Waals surface area contributed by atoms with Crippen LogP contribution in [0.2, 0.25) is 0 Å². The number of carbonyl (C=O) groups is 2. The first-order valence-corrected chi connectivity index (χ1v) is 6.04. The predicted molar refractivity (Wildman–Crippen MR) is 73.9 cm³/mol. The van der Waals surface area contributed by atoms with Gasteiger partial charge in [-0.15, -0.1) is 0 Å². The zero-order valence-electron chi connectivity index (χ0n) is 11.2. The molecule has 5 nitrogen and oxygen atoms in total. The predicted octanol–water partition coefficient (Wildman–Crippen LogP) is 1.87. The van der Waals surface area contributed by atoms with Gasteiger partial charge in [-0.25, -0.2) is 13.6 Å². The van der Waals surface area contributed by atoms with Crippen molar-refractivity contribution in [2.24, 2.45) is 5.73 Å². The normalized spacial score (nSPS) is 11.0. The Hall–Kier alpha value is -2.80. The second-order valence-electron chi connectivity index (χ2n) is 4.12. The maximum absolute atomic E-state index is 12.5. The summed E-state index contributed by atoms with van der Waals surface area (Å²) in [5.74, 6) is -4.44. The number of aliphatic hydroxyl groups excluding tert-OH is 1. The van der Waals surface area contributed by atoms with E-state index >= 15 is 0 Å². The molecule has 0 saturated carbocycles. The first-order valence-electron chi connectivity index (χ1n) is 6.04. The van der Waals surface area contributed by atoms with Gasteiger partial charge >= 0.3 is 5.97 Å². The molecule has 0 aliphatic heterocycles. The average Bonchev–Trinajstić information content (AvgIpc) is 2.47. The van der Waals surface area contributed by atoms with Crippen molar-refractivity contribution in [3.05, 3.63) is 71.3 Å². The van der Waals surface area contributed by atoms with Gasteiger partial charge in [-0.3, -0.25) is 4.79 Å². The van der Waals surface area contributed by atoms with Gasteiger partial charge in [-0.2, -0.15) is 0 Å². The van der Waals surface area contributed by atoms with Gasteiger partial charge in [0.05, 0.1) is 0 Å². The summed E-state index contributed by atoms with van der Waals surface area (Å²) in [6.07, 6.45) is -1.18. The van der Waals surface area contributed by atoms with E-state index in [0.29, 0.717) is 5.56 Å². The Morgan fingerprint density at radius 2 is 1.45 bits per heavy atom. The highest BCUT2D eigenvalue weighted by Gasteiger charge is 2.14. The number of benzene rings is 2. The van der Waals surface area contributed by atoms with Crippen LogP contribution >= 0.6 is 0 Å². The molecule has 4 N–H and O–H groups in total. The molecule has 0 heterocycles. The Kier molecular flexibility index (Phi) is 6.15. The minimum atomic E-state index is -1.60. The molecule has 2 aromatic rings. The van der Waals surface area contributed by atoms with Gasteiger partial charge in [0.15, 0.2) is 6.10 Å². The molecular weight excluding hydrogens is 296 g/mol. The molecular formula is C15H13F2NO4. The molecule has 0 aromatic heterocycles. The van der Waals surface area contributed by atoms with E-state index in [4.69, 9.17) is 15.9 Å². The fourth-order valence-electron chi connectivity index (χ4n) is 1.50. The summed E-state index contributed by atoms with van der Waals surface area (Å²) in [6.45, 7) is 0. The van der Waals surface area contributed by atoms with E-state index in [9.17, 15) is 18.4 Å². The van der Waals surface area contributed by atoms with Crippen molar-refractivity contribution in [1.82, 2.24) is 0 Å². The summed E-state index contributed by atoms with van der Waals surface area (Å²) in [5.41, 5.74) is 4.50. The number of carboxylic acid groups (broad SMARTS) is 1. The zero-order valence-corrected chi connectivity index (χ0v) is 11.2. The van der Waals surface area contributed by atoms with Crippen LogP contribution in [0.15, 0.2) is 48.5 Å². The third-order valence-electron chi connectivity index (χ3n) is 2.56. The van der Waals surface area contributed by atoms with Crippen LogP contribution in [0.5, 0.6) is 0 Å². The molecule has 0 radical (unpaired) electrons. The van der Waals surface area contributed by atoms with Gasteiger partial charge in [0.1, 0.15) is 17.2 Å². The minimum absolute atomic E-state index is 0.528. The molecule has 0 aliphatic carbocycles. The molecule has 2 aromatic carbocycles. The average molecular weight is 309 g/mol. The Morgan fingerprint density at radius 3 is 1.82 bits per heavy atom. The van der Waals surface area contributed by atoms with Gasteiger partial charge < -0.3 is 15.9 Å². The monoisotopic (exact) mass is 309 g/mol. The van der Waals surface area contributed by atoms with Crippen molar-refractivity contribution in [2.75, 3.05) is 0 Å². The highest BCUT2D eigenvalue weighted by Crippen LogP contribution is 2.11. The molecule has 0 saturated heterocycles. The SMILES string of the molecule is NC(=O)C(O)c1ccccc1.O=C(O)c1c(F)cccc1F. The number of rotatable bonds is 3. The number of hydrogen-bond donors (Lipinski definition) is 3. The molecule has 0 fully saturated rings. The summed E-state index contributed by atoms with van der Waals surface area (Å²) in [4.78, 5) is 20.6. The quantitative estimate of drug-likeness (QED) is 0.805. The van der Waals surface area contributed by atoms with Crippen LogP contribution in [-0.4, -0.2) is 22.1 Å². The highest BCUT2D eigenvalue weighted by atomic mass is 19.1. The third-order valence-corrected chi connectivity index (χ3v) is 2.56. The maximum atomic E-state index is 12.5. The van der Waals surface area contributed by atoms with Gasteiger partial charge in [-0.1, -0.05) is 36.4 Å². The standard InChI is InChI=1S/C8H9NO2.C7H4F2O2/c9-8(11)7(10)6-4-2-1-3-5-6;8-4-2-1-3-5(9)6(4)7(10)11/h1-5,7,10H,(H2,9,11);1-3H,(H,10,11). The highest BCUT2D eigenvalue weighted by molar-refractivity contribution is 5.88. The summed E-state index contributed by atoms with van der Waals surface area (Å²) < 4.78 is 25.0. The molecule has 1 unspecified atom stereocenters. The number of aliphatic hydroxyl groups is 1. The first-order chi connectivity index (χ1) is 10.3. The lowest BCUT2D eigenvalue weighted by atomic mass is 10.1. The van der Waals surface area contributed by atoms with Crippen molar-refractivity contribution in [2.45, 2.75) is 6.10 Å². The summed E-state index contributed by atoms with van der Waals surface area (Å²) >= 11 is 0. The fourth-order valence-corrected chi connectivity index (χ4v) is 1.50. The molecule has 1 atom stereocenters. The van der Waals surface area contributed by atoms with Crippen molar-refractivity contribution < 1.29 is 28.6 Å². The van der Waals surface area contributed by atoms with E-state index in [1.807, 2.05) is 0 Å². The van der Waals surface area contributed by atoms with Gasteiger partial charge in [0, 0.05) is 0 Å². The molecule has 1 amide bonds. The third kappa shape index (κ3) is 4.64. The smallest absolute Gasteiger partial charge is 0.341 e. The fraction of sp³-hybridized carbons (Fsp3) is 0.0667. The number of amides is 1. The number of aromatic carboxylic acids is 1. The van der Waals surface area contributed by atoms with E-state index in [1.54, 1.807) is 30.3 Å². The number of carbonyl (C=O) groups excluding carboxylic acids is 1. The lowest BCUT2D eigenvalue weighted by Crippen LogP contribution is -2.20. The Morgan fingerprint density at radius 1 is 0.955 bits per heavy atom. The van der Waals surface area contributed by atoms with Crippen LogP contribution in [0.4, 0.5) is 8.78 Å². The second kappa shape index (κ2) is 7.84. The first kappa shape index (κ1) is 17.3. The van der Waals surface area contributed by atoms with Crippen LogP contribution in [-0.2, 0) is 4.79 Å². The van der Waals surface area contributed by atoms with Crippen LogP contribution < -0.4 is 5.73 Å². The zero-order chi connectivity index (χ0) is 16.7. The Bertz CT molecular complexity index is 642. The van der Waals surface area contributed by atoms with Crippen LogP contribution in [0.1, 0.15) is 22.0 Å². The molecule has 0 bridgehead atoms. The Balaban J connectivity index is 0.000000220. The van der Waals surface area contributed by atoms with E-state index in [2.05, 4.69) is 0 Å². The number of halogens is 2. The van der Waals surface area contributed by atoms with Gasteiger partial charge in [-0.05, 0) is 17.7 Å². The number of hydrogen-bond acceptors (Lipinski definition) is 3. The van der Waals surface area contributed by atoms with Crippen molar-refractivity contribution in [3.63, 3.8) is 0 Å². The van der Waals surface area contributed by atoms with E-state index < -0.39 is 35.2 Å². The van der Waals surface area contributed by atoms with Crippen LogP contribution in [0.25, 0.3) is 0 Å². The lowest BCUT2D eigenvalue weighted by molar-refractivity contribution is -0.126. The lowest BCUT2D eigenvalue weighted by Gasteiger charge is -2.04. The van der Waals surface area contributed by atoms with Gasteiger partial charge in [0.25, 0.3) is 5.91 Å². The summed E-state index contributed by atoms with van der Waals surface area (Å²) in [7, 11) is 0. The largest absolute Gasteiger partial charge is 0.477 e. The van der Waals surface area contributed by atoms with Crippen molar-refractivity contribution in [3.8, 4) is 0 Å². The van der Waals surface area contributed by atoms with Crippen LogP contribution in [0.3, 0.4) is 0 Å². The molecule has 7 heteroatoms. The number of nitrogens with two attached hydrogens (primary N) is 1. The maximum Gasteiger partial charge on any atom is 0.341 e. The minimum Gasteiger partial charge on any atom is -0.477 e. The van der Waals surface area contributed by atoms with E-state index in [1.165, 1.54) is 0 Å². The number of carboxylic acids is 1. The van der Waals surface area contributed by atoms with Gasteiger partial charge in [0.2, 0.25) is 0 Å². The molecule has 22 heavy (non-hydrogen) atoms. The summed E-state index contributed by atoms with van der Waals surface area (Å²) in [5, 5.41) is 17.4. The topological polar surface area (TPSA) is 101 Å². The molecule has 116 valence electrons. The molecule has 0 spiro atoms. The number of primary amides is 1. The van der Waals surface area contributed by atoms with Crippen molar-refractivity contribution >= 4 is 11.9 Å². The van der Waals surface area contributed by atoms with Crippen molar-refractivity contribution in [1.29, 1.82) is 0 Å².